The number of H-pyrrole nitrogens is 1. The predicted octanol–water partition coefficient (Wildman–Crippen LogP) is 4.33. The van der Waals surface area contributed by atoms with Crippen molar-refractivity contribution in [2.45, 2.75) is 30.2 Å². The summed E-state index contributed by atoms with van der Waals surface area (Å²) in [7, 11) is 0. The highest BCUT2D eigenvalue weighted by molar-refractivity contribution is 8.00. The van der Waals surface area contributed by atoms with Gasteiger partial charge in [0.1, 0.15) is 5.25 Å². The summed E-state index contributed by atoms with van der Waals surface area (Å²) in [5.41, 5.74) is 4.18. The summed E-state index contributed by atoms with van der Waals surface area (Å²) in [6, 6.07) is 16.2. The smallest absolute Gasteiger partial charge is 0.240 e. The average molecular weight is 351 g/mol. The lowest BCUT2D eigenvalue weighted by Crippen LogP contribution is -2.31. The van der Waals surface area contributed by atoms with Gasteiger partial charge in [0.25, 0.3) is 0 Å². The highest BCUT2D eigenvalue weighted by atomic mass is 32.2. The number of imidazole rings is 1. The highest BCUT2D eigenvalue weighted by Crippen LogP contribution is 2.36. The molecule has 2 heterocycles. The van der Waals surface area contributed by atoms with Crippen molar-refractivity contribution >= 4 is 28.7 Å². The average Bonchev–Trinajstić information content (AvgIpc) is 3.29. The number of hydrogen-bond acceptors (Lipinski definition) is 3. The van der Waals surface area contributed by atoms with Gasteiger partial charge in [0.05, 0.1) is 11.0 Å². The lowest BCUT2D eigenvalue weighted by molar-refractivity contribution is -0.129. The molecule has 1 aliphatic rings. The van der Waals surface area contributed by atoms with Crippen LogP contribution in [0, 0.1) is 6.92 Å². The Kier molecular flexibility index (Phi) is 4.49. The Labute approximate surface area is 151 Å². The number of rotatable bonds is 4. The van der Waals surface area contributed by atoms with Crippen molar-refractivity contribution in [1.82, 2.24) is 14.9 Å². The number of nitrogens with zero attached hydrogens (tertiary/aromatic N) is 2. The van der Waals surface area contributed by atoms with E-state index in [0.717, 1.165) is 47.7 Å². The Morgan fingerprint density at radius 3 is 2.68 bits per heavy atom. The minimum absolute atomic E-state index is 0.185. The van der Waals surface area contributed by atoms with Crippen LogP contribution in [0.3, 0.4) is 0 Å². The number of benzene rings is 2. The molecule has 128 valence electrons. The molecule has 1 fully saturated rings. The summed E-state index contributed by atoms with van der Waals surface area (Å²) in [6.07, 6.45) is 2.20. The van der Waals surface area contributed by atoms with Gasteiger partial charge in [0.15, 0.2) is 5.16 Å². The normalized spacial score (nSPS) is 15.6. The fourth-order valence-electron chi connectivity index (χ4n) is 3.26. The second kappa shape index (κ2) is 6.92. The zero-order valence-corrected chi connectivity index (χ0v) is 15.1. The third-order valence-corrected chi connectivity index (χ3v) is 5.72. The number of nitrogens with one attached hydrogen (secondary N) is 1. The largest absolute Gasteiger partial charge is 0.341 e. The van der Waals surface area contributed by atoms with Crippen LogP contribution in [0.2, 0.25) is 0 Å². The molecule has 1 atom stereocenters. The number of fused-ring (bicyclic) bond motifs is 1. The maximum atomic E-state index is 13.1. The summed E-state index contributed by atoms with van der Waals surface area (Å²) < 4.78 is 0. The van der Waals surface area contributed by atoms with Gasteiger partial charge in [0, 0.05) is 13.1 Å². The lowest BCUT2D eigenvalue weighted by Gasteiger charge is -2.22. The molecule has 0 radical (unpaired) electrons. The molecule has 0 bridgehead atoms. The van der Waals surface area contributed by atoms with Gasteiger partial charge in [-0.2, -0.15) is 0 Å². The van der Waals surface area contributed by atoms with E-state index >= 15 is 0 Å². The number of amides is 1. The molecule has 3 aromatic rings. The first-order valence-electron chi connectivity index (χ1n) is 8.67. The Morgan fingerprint density at radius 2 is 1.92 bits per heavy atom. The third-order valence-electron chi connectivity index (χ3n) is 4.59. The van der Waals surface area contributed by atoms with Crippen molar-refractivity contribution in [2.75, 3.05) is 13.1 Å². The van der Waals surface area contributed by atoms with Crippen molar-refractivity contribution in [2.24, 2.45) is 0 Å². The Bertz CT molecular complexity index is 884. The number of aryl methyl sites for hydroxylation is 1. The first-order chi connectivity index (χ1) is 12.2. The second-order valence-corrected chi connectivity index (χ2v) is 7.60. The van der Waals surface area contributed by atoms with Gasteiger partial charge in [-0.3, -0.25) is 4.79 Å². The summed E-state index contributed by atoms with van der Waals surface area (Å²) >= 11 is 1.51. The molecule has 4 nitrogen and oxygen atoms in total. The molecular formula is C20H21N3OS. The van der Waals surface area contributed by atoms with Crippen LogP contribution in [0.15, 0.2) is 53.7 Å². The summed E-state index contributed by atoms with van der Waals surface area (Å²) in [6.45, 7) is 3.79. The number of hydrogen-bond donors (Lipinski definition) is 1. The Morgan fingerprint density at radius 1 is 1.16 bits per heavy atom. The first kappa shape index (κ1) is 16.2. The van der Waals surface area contributed by atoms with E-state index in [0.29, 0.717) is 0 Å². The van der Waals surface area contributed by atoms with Crippen LogP contribution >= 0.6 is 11.8 Å². The molecule has 0 aliphatic carbocycles. The SMILES string of the molecule is Cc1ccc2nc(SC(C(=O)N3CCCC3)c3ccccc3)[nH]c2c1. The molecule has 4 rings (SSSR count). The van der Waals surface area contributed by atoms with Gasteiger partial charge >= 0.3 is 0 Å². The van der Waals surface area contributed by atoms with E-state index in [2.05, 4.69) is 29.0 Å². The number of likely N-dealkylation sites (tertiary alicyclic amines) is 1. The number of aromatic amines is 1. The third kappa shape index (κ3) is 3.42. The van der Waals surface area contributed by atoms with E-state index in [1.54, 1.807) is 0 Å². The molecule has 1 aromatic heterocycles. The van der Waals surface area contributed by atoms with Crippen LogP contribution in [0.25, 0.3) is 11.0 Å². The second-order valence-electron chi connectivity index (χ2n) is 6.50. The molecule has 2 aromatic carbocycles. The van der Waals surface area contributed by atoms with Crippen molar-refractivity contribution < 1.29 is 4.79 Å². The summed E-state index contributed by atoms with van der Waals surface area (Å²) in [4.78, 5) is 23.1. The number of carbonyl (C=O) groups excluding carboxylic acids is 1. The van der Waals surface area contributed by atoms with E-state index in [1.807, 2.05) is 41.3 Å². The van der Waals surface area contributed by atoms with E-state index in [1.165, 1.54) is 17.3 Å². The fourth-order valence-corrected chi connectivity index (χ4v) is 4.35. The molecule has 1 N–H and O–H groups in total. The van der Waals surface area contributed by atoms with Crippen LogP contribution in [-0.4, -0.2) is 33.9 Å². The maximum absolute atomic E-state index is 13.1. The maximum Gasteiger partial charge on any atom is 0.240 e. The molecule has 1 aliphatic heterocycles. The van der Waals surface area contributed by atoms with Gasteiger partial charge in [-0.05, 0) is 43.0 Å². The molecule has 0 saturated carbocycles. The van der Waals surface area contributed by atoms with Gasteiger partial charge in [0.2, 0.25) is 5.91 Å². The van der Waals surface area contributed by atoms with Crippen LogP contribution in [0.1, 0.15) is 29.2 Å². The standard InChI is InChI=1S/C20H21N3OS/c1-14-9-10-16-17(13-14)22-20(21-16)25-18(15-7-3-2-4-8-15)19(24)23-11-5-6-12-23/h2-4,7-10,13,18H,5-6,11-12H2,1H3,(H,21,22). The number of carbonyl (C=O) groups is 1. The van der Waals surface area contributed by atoms with Crippen molar-refractivity contribution in [3.8, 4) is 0 Å². The monoisotopic (exact) mass is 351 g/mol. The minimum atomic E-state index is -0.263. The van der Waals surface area contributed by atoms with Crippen LogP contribution < -0.4 is 0 Å². The van der Waals surface area contributed by atoms with Crippen LogP contribution in [0.5, 0.6) is 0 Å². The van der Waals surface area contributed by atoms with Crippen molar-refractivity contribution in [1.29, 1.82) is 0 Å². The lowest BCUT2D eigenvalue weighted by atomic mass is 10.1. The molecule has 1 unspecified atom stereocenters. The van der Waals surface area contributed by atoms with Gasteiger partial charge in [-0.15, -0.1) is 0 Å². The molecule has 1 amide bonds. The van der Waals surface area contributed by atoms with Crippen molar-refractivity contribution in [3.05, 3.63) is 59.7 Å². The van der Waals surface area contributed by atoms with Gasteiger partial charge < -0.3 is 9.88 Å². The summed E-state index contributed by atoms with van der Waals surface area (Å²) in [5.74, 6) is 0.185. The predicted molar refractivity (Wildman–Crippen MR) is 102 cm³/mol. The first-order valence-corrected chi connectivity index (χ1v) is 9.55. The molecule has 1 saturated heterocycles. The highest BCUT2D eigenvalue weighted by Gasteiger charge is 2.29. The Balaban J connectivity index is 1.66. The van der Waals surface area contributed by atoms with E-state index in [-0.39, 0.29) is 11.2 Å². The number of thioether (sulfide) groups is 1. The van der Waals surface area contributed by atoms with Gasteiger partial charge in [-0.25, -0.2) is 4.98 Å². The minimum Gasteiger partial charge on any atom is -0.341 e. The zero-order valence-electron chi connectivity index (χ0n) is 14.2. The van der Waals surface area contributed by atoms with E-state index in [9.17, 15) is 4.79 Å². The van der Waals surface area contributed by atoms with E-state index < -0.39 is 0 Å². The molecule has 5 heteroatoms. The van der Waals surface area contributed by atoms with Gasteiger partial charge in [-0.1, -0.05) is 48.2 Å². The number of aromatic nitrogens is 2. The molecule has 25 heavy (non-hydrogen) atoms. The van der Waals surface area contributed by atoms with Crippen LogP contribution in [0.4, 0.5) is 0 Å². The van der Waals surface area contributed by atoms with E-state index in [4.69, 9.17) is 0 Å². The van der Waals surface area contributed by atoms with Crippen LogP contribution in [-0.2, 0) is 4.79 Å². The molecular weight excluding hydrogens is 330 g/mol. The quantitative estimate of drug-likeness (QED) is 0.712. The Hall–Kier alpha value is -2.27. The molecule has 0 spiro atoms. The summed E-state index contributed by atoms with van der Waals surface area (Å²) in [5, 5.41) is 0.531. The topological polar surface area (TPSA) is 49.0 Å². The fraction of sp³-hybridized carbons (Fsp3) is 0.300. The van der Waals surface area contributed by atoms with Crippen molar-refractivity contribution in [3.63, 3.8) is 0 Å². The zero-order chi connectivity index (χ0) is 17.2.